The highest BCUT2D eigenvalue weighted by Crippen LogP contribution is 2.23. The molecule has 0 atom stereocenters. The normalized spacial score (nSPS) is 14.7. The van der Waals surface area contributed by atoms with E-state index in [2.05, 4.69) is 0 Å². The molecule has 2 amide bonds. The van der Waals surface area contributed by atoms with Gasteiger partial charge in [-0.05, 0) is 30.3 Å². The molecule has 3 rings (SSSR count). The van der Waals surface area contributed by atoms with E-state index < -0.39 is 27.5 Å². The molecule has 0 saturated carbocycles. The third-order valence-corrected chi connectivity index (χ3v) is 6.93. The Morgan fingerprint density at radius 2 is 1.52 bits per heavy atom. The number of hydrogen-bond donors (Lipinski definition) is 0. The summed E-state index contributed by atoms with van der Waals surface area (Å²) in [5, 5.41) is 0.162. The molecule has 0 aliphatic carbocycles. The van der Waals surface area contributed by atoms with Gasteiger partial charge in [-0.1, -0.05) is 30.7 Å². The molecule has 0 aromatic heterocycles. The third-order valence-electron chi connectivity index (χ3n) is 4.87. The summed E-state index contributed by atoms with van der Waals surface area (Å²) in [5.74, 6) is -1.50. The van der Waals surface area contributed by atoms with E-state index in [-0.39, 0.29) is 53.0 Å². The fourth-order valence-electron chi connectivity index (χ4n) is 3.12. The number of carbonyl (C=O) groups excluding carboxylic acids is 2. The predicted octanol–water partition coefficient (Wildman–Crippen LogP) is 2.87. The molecule has 1 aliphatic heterocycles. The van der Waals surface area contributed by atoms with Crippen molar-refractivity contribution < 1.29 is 22.4 Å². The van der Waals surface area contributed by atoms with Gasteiger partial charge in [-0.15, -0.1) is 0 Å². The summed E-state index contributed by atoms with van der Waals surface area (Å²) in [6.45, 7) is 2.48. The van der Waals surface area contributed by atoms with Crippen molar-refractivity contribution in [2.45, 2.75) is 11.8 Å². The number of halogens is 2. The van der Waals surface area contributed by atoms with Crippen LogP contribution in [-0.2, 0) is 9.84 Å². The SMILES string of the molecule is CCS(=O)(=O)c1ccc(Cl)c(C(=O)N2CCN(C(=O)c3ccccc3F)CC2)c1. The molecular weight excluding hydrogens is 419 g/mol. The van der Waals surface area contributed by atoms with Crippen molar-refractivity contribution in [1.82, 2.24) is 9.80 Å². The fourth-order valence-corrected chi connectivity index (χ4v) is 4.22. The second-order valence-electron chi connectivity index (χ2n) is 6.61. The zero-order chi connectivity index (χ0) is 21.2. The highest BCUT2D eigenvalue weighted by Gasteiger charge is 2.28. The van der Waals surface area contributed by atoms with E-state index in [0.717, 1.165) is 0 Å². The van der Waals surface area contributed by atoms with Gasteiger partial charge < -0.3 is 9.80 Å². The van der Waals surface area contributed by atoms with Gasteiger partial charge in [-0.2, -0.15) is 0 Å². The lowest BCUT2D eigenvalue weighted by Gasteiger charge is -2.35. The lowest BCUT2D eigenvalue weighted by molar-refractivity contribution is 0.0532. The van der Waals surface area contributed by atoms with Crippen molar-refractivity contribution in [1.29, 1.82) is 0 Å². The van der Waals surface area contributed by atoms with E-state index in [1.807, 2.05) is 0 Å². The molecule has 0 radical (unpaired) electrons. The maximum atomic E-state index is 13.9. The minimum absolute atomic E-state index is 0.00667. The number of sulfone groups is 1. The van der Waals surface area contributed by atoms with Crippen LogP contribution in [0.4, 0.5) is 4.39 Å². The standard InChI is InChI=1S/C20H20ClFN2O4S/c1-2-29(27,28)14-7-8-17(21)16(13-14)20(26)24-11-9-23(10-12-24)19(25)15-5-3-4-6-18(15)22/h3-8,13H,2,9-12H2,1H3. The summed E-state index contributed by atoms with van der Waals surface area (Å²) in [6.07, 6.45) is 0. The van der Waals surface area contributed by atoms with Crippen LogP contribution in [0, 0.1) is 5.82 Å². The number of piperazine rings is 1. The van der Waals surface area contributed by atoms with Crippen molar-refractivity contribution in [3.05, 3.63) is 64.4 Å². The van der Waals surface area contributed by atoms with Gasteiger partial charge in [0.15, 0.2) is 9.84 Å². The highest BCUT2D eigenvalue weighted by atomic mass is 35.5. The molecule has 29 heavy (non-hydrogen) atoms. The zero-order valence-corrected chi connectivity index (χ0v) is 17.3. The van der Waals surface area contributed by atoms with E-state index >= 15 is 0 Å². The molecule has 1 saturated heterocycles. The van der Waals surface area contributed by atoms with Crippen LogP contribution in [0.15, 0.2) is 47.4 Å². The summed E-state index contributed by atoms with van der Waals surface area (Å²) >= 11 is 6.13. The van der Waals surface area contributed by atoms with Crippen LogP contribution in [0.3, 0.4) is 0 Å². The Hall–Kier alpha value is -2.45. The average molecular weight is 439 g/mol. The fraction of sp³-hybridized carbons (Fsp3) is 0.300. The average Bonchev–Trinajstić information content (AvgIpc) is 2.73. The van der Waals surface area contributed by atoms with Crippen LogP contribution in [0.1, 0.15) is 27.6 Å². The van der Waals surface area contributed by atoms with E-state index in [4.69, 9.17) is 11.6 Å². The number of rotatable bonds is 4. The Bertz CT molecular complexity index is 1050. The summed E-state index contributed by atoms with van der Waals surface area (Å²) in [4.78, 5) is 28.4. The molecule has 9 heteroatoms. The largest absolute Gasteiger partial charge is 0.335 e. The van der Waals surface area contributed by atoms with Gasteiger partial charge >= 0.3 is 0 Å². The van der Waals surface area contributed by atoms with E-state index in [0.29, 0.717) is 0 Å². The predicted molar refractivity (Wildman–Crippen MR) is 107 cm³/mol. The van der Waals surface area contributed by atoms with Crippen LogP contribution >= 0.6 is 11.6 Å². The van der Waals surface area contributed by atoms with Gasteiger partial charge in [0.25, 0.3) is 11.8 Å². The molecule has 1 aliphatic rings. The maximum Gasteiger partial charge on any atom is 0.256 e. The monoisotopic (exact) mass is 438 g/mol. The topological polar surface area (TPSA) is 74.8 Å². The Kier molecular flexibility index (Phi) is 6.24. The molecule has 0 unspecified atom stereocenters. The van der Waals surface area contributed by atoms with Gasteiger partial charge in [0.05, 0.1) is 26.8 Å². The van der Waals surface area contributed by atoms with Crippen molar-refractivity contribution in [2.75, 3.05) is 31.9 Å². The molecule has 2 aromatic rings. The molecule has 2 aromatic carbocycles. The first-order chi connectivity index (χ1) is 13.7. The number of nitrogens with zero attached hydrogens (tertiary/aromatic N) is 2. The van der Waals surface area contributed by atoms with Crippen molar-refractivity contribution in [2.24, 2.45) is 0 Å². The van der Waals surface area contributed by atoms with Gasteiger partial charge in [0.2, 0.25) is 0 Å². The van der Waals surface area contributed by atoms with Crippen LogP contribution < -0.4 is 0 Å². The summed E-state index contributed by atoms with van der Waals surface area (Å²) in [7, 11) is -3.47. The summed E-state index contributed by atoms with van der Waals surface area (Å²) in [6, 6.07) is 9.83. The first-order valence-corrected chi connectivity index (χ1v) is 11.1. The molecular formula is C20H20ClFN2O4S. The van der Waals surface area contributed by atoms with Crippen LogP contribution in [0.5, 0.6) is 0 Å². The smallest absolute Gasteiger partial charge is 0.256 e. The van der Waals surface area contributed by atoms with Gasteiger partial charge in [0, 0.05) is 26.2 Å². The number of benzene rings is 2. The first kappa shape index (κ1) is 21.3. The van der Waals surface area contributed by atoms with Crippen LogP contribution in [0.25, 0.3) is 0 Å². The van der Waals surface area contributed by atoms with E-state index in [9.17, 15) is 22.4 Å². The molecule has 1 fully saturated rings. The first-order valence-electron chi connectivity index (χ1n) is 9.10. The molecule has 154 valence electrons. The molecule has 0 N–H and O–H groups in total. The van der Waals surface area contributed by atoms with Crippen molar-refractivity contribution in [3.63, 3.8) is 0 Å². The molecule has 0 bridgehead atoms. The summed E-state index contributed by atoms with van der Waals surface area (Å²) in [5.41, 5.74) is 0.0999. The van der Waals surface area contributed by atoms with Crippen molar-refractivity contribution in [3.8, 4) is 0 Å². The van der Waals surface area contributed by atoms with E-state index in [1.54, 1.807) is 6.07 Å². The van der Waals surface area contributed by atoms with E-state index in [1.165, 1.54) is 53.1 Å². The lowest BCUT2D eigenvalue weighted by atomic mass is 10.1. The number of hydrogen-bond acceptors (Lipinski definition) is 4. The third kappa shape index (κ3) is 4.43. The maximum absolute atomic E-state index is 13.9. The van der Waals surface area contributed by atoms with Gasteiger partial charge in [-0.3, -0.25) is 9.59 Å². The highest BCUT2D eigenvalue weighted by molar-refractivity contribution is 7.91. The Morgan fingerprint density at radius 3 is 2.07 bits per heavy atom. The van der Waals surface area contributed by atoms with Crippen molar-refractivity contribution >= 4 is 33.3 Å². The lowest BCUT2D eigenvalue weighted by Crippen LogP contribution is -2.50. The Morgan fingerprint density at radius 1 is 0.966 bits per heavy atom. The second kappa shape index (κ2) is 8.51. The molecule has 1 heterocycles. The Labute approximate surface area is 173 Å². The minimum atomic E-state index is -3.47. The number of amides is 2. The molecule has 6 nitrogen and oxygen atoms in total. The van der Waals surface area contributed by atoms with Gasteiger partial charge in [-0.25, -0.2) is 12.8 Å². The minimum Gasteiger partial charge on any atom is -0.335 e. The van der Waals surface area contributed by atoms with Gasteiger partial charge in [0.1, 0.15) is 5.82 Å². The second-order valence-corrected chi connectivity index (χ2v) is 9.29. The van der Waals surface area contributed by atoms with Crippen LogP contribution in [-0.4, -0.2) is 62.0 Å². The van der Waals surface area contributed by atoms with Crippen LogP contribution in [0.2, 0.25) is 5.02 Å². The summed E-state index contributed by atoms with van der Waals surface area (Å²) < 4.78 is 38.1. The molecule has 0 spiro atoms. The number of carbonyl (C=O) groups is 2. The Balaban J connectivity index is 1.73. The zero-order valence-electron chi connectivity index (χ0n) is 15.8. The quantitative estimate of drug-likeness (QED) is 0.735.